The van der Waals surface area contributed by atoms with Crippen LogP contribution in [0.1, 0.15) is 34.0 Å². The Labute approximate surface area is 175 Å². The second-order valence-corrected chi connectivity index (χ2v) is 7.39. The van der Waals surface area contributed by atoms with Crippen LogP contribution in [0.25, 0.3) is 22.6 Å². The fourth-order valence-electron chi connectivity index (χ4n) is 3.48. The van der Waals surface area contributed by atoms with Crippen LogP contribution in [0, 0.1) is 20.8 Å². The number of carbonyl (C=O) groups is 1. The summed E-state index contributed by atoms with van der Waals surface area (Å²) >= 11 is 0. The molecule has 0 fully saturated rings. The van der Waals surface area contributed by atoms with Gasteiger partial charge in [-0.25, -0.2) is 4.98 Å². The summed E-state index contributed by atoms with van der Waals surface area (Å²) in [6.45, 7) is 8.48. The van der Waals surface area contributed by atoms with Crippen LogP contribution in [-0.4, -0.2) is 17.5 Å². The number of nitrogens with one attached hydrogen (secondary N) is 1. The van der Waals surface area contributed by atoms with Gasteiger partial charge in [-0.15, -0.1) is 0 Å². The molecule has 0 saturated carbocycles. The number of carbonyl (C=O) groups excluding carboxylic acids is 1. The number of aryl methyl sites for hydroxylation is 3. The molecule has 0 bridgehead atoms. The minimum absolute atomic E-state index is 0.194. The predicted octanol–water partition coefficient (Wildman–Crippen LogP) is 6.07. The van der Waals surface area contributed by atoms with Gasteiger partial charge in [0.15, 0.2) is 5.58 Å². The highest BCUT2D eigenvalue weighted by atomic mass is 16.5. The molecule has 0 aliphatic carbocycles. The van der Waals surface area contributed by atoms with Crippen molar-refractivity contribution in [2.75, 3.05) is 11.9 Å². The lowest BCUT2D eigenvalue weighted by molar-refractivity contribution is 0.102. The zero-order chi connectivity index (χ0) is 21.3. The third kappa shape index (κ3) is 3.92. The summed E-state index contributed by atoms with van der Waals surface area (Å²) < 4.78 is 11.5. The van der Waals surface area contributed by atoms with E-state index in [1.165, 1.54) is 0 Å². The van der Waals surface area contributed by atoms with E-state index < -0.39 is 0 Å². The van der Waals surface area contributed by atoms with E-state index in [0.717, 1.165) is 39.0 Å². The van der Waals surface area contributed by atoms with Gasteiger partial charge >= 0.3 is 0 Å². The molecule has 0 saturated heterocycles. The van der Waals surface area contributed by atoms with Crippen molar-refractivity contribution in [3.63, 3.8) is 0 Å². The van der Waals surface area contributed by atoms with Crippen LogP contribution in [0.5, 0.6) is 5.75 Å². The number of rotatable bonds is 5. The molecule has 5 nitrogen and oxygen atoms in total. The summed E-state index contributed by atoms with van der Waals surface area (Å²) in [5, 5.41) is 3.00. The van der Waals surface area contributed by atoms with Gasteiger partial charge in [0.1, 0.15) is 11.3 Å². The zero-order valence-corrected chi connectivity index (χ0v) is 17.6. The highest BCUT2D eigenvalue weighted by Crippen LogP contribution is 2.30. The molecule has 4 aromatic rings. The van der Waals surface area contributed by atoms with Gasteiger partial charge in [0.2, 0.25) is 5.89 Å². The molecule has 0 unspecified atom stereocenters. The van der Waals surface area contributed by atoms with E-state index in [-0.39, 0.29) is 5.91 Å². The summed E-state index contributed by atoms with van der Waals surface area (Å²) in [5.74, 6) is 1.01. The Morgan fingerprint density at radius 3 is 2.67 bits per heavy atom. The largest absolute Gasteiger partial charge is 0.494 e. The molecule has 5 heteroatoms. The van der Waals surface area contributed by atoms with E-state index >= 15 is 0 Å². The van der Waals surface area contributed by atoms with Crippen LogP contribution >= 0.6 is 0 Å². The van der Waals surface area contributed by atoms with Crippen molar-refractivity contribution in [2.24, 2.45) is 0 Å². The Balaban J connectivity index is 1.65. The lowest BCUT2D eigenvalue weighted by Crippen LogP contribution is -2.13. The van der Waals surface area contributed by atoms with Gasteiger partial charge in [0.05, 0.1) is 6.61 Å². The van der Waals surface area contributed by atoms with Gasteiger partial charge < -0.3 is 14.5 Å². The molecule has 1 N–H and O–H groups in total. The minimum atomic E-state index is -0.194. The summed E-state index contributed by atoms with van der Waals surface area (Å²) in [7, 11) is 0. The molecule has 0 atom stereocenters. The van der Waals surface area contributed by atoms with Crippen molar-refractivity contribution < 1.29 is 13.9 Å². The van der Waals surface area contributed by atoms with Crippen LogP contribution in [-0.2, 0) is 0 Å². The number of hydrogen-bond acceptors (Lipinski definition) is 4. The second-order valence-electron chi connectivity index (χ2n) is 7.39. The number of amides is 1. The van der Waals surface area contributed by atoms with Crippen molar-refractivity contribution in [2.45, 2.75) is 27.7 Å². The first-order chi connectivity index (χ1) is 14.4. The van der Waals surface area contributed by atoms with Crippen molar-refractivity contribution in [3.05, 3.63) is 76.9 Å². The van der Waals surface area contributed by atoms with Gasteiger partial charge in [-0.3, -0.25) is 4.79 Å². The molecule has 1 amide bonds. The number of anilines is 1. The number of oxazole rings is 1. The zero-order valence-electron chi connectivity index (χ0n) is 17.6. The number of hydrogen-bond donors (Lipinski definition) is 1. The second kappa shape index (κ2) is 8.03. The first-order valence-corrected chi connectivity index (χ1v) is 9.97. The van der Waals surface area contributed by atoms with Crippen LogP contribution < -0.4 is 10.1 Å². The van der Waals surface area contributed by atoms with Crippen molar-refractivity contribution in [1.82, 2.24) is 4.98 Å². The fourth-order valence-corrected chi connectivity index (χ4v) is 3.48. The Morgan fingerprint density at radius 1 is 1.03 bits per heavy atom. The van der Waals surface area contributed by atoms with Crippen molar-refractivity contribution in [3.8, 4) is 17.2 Å². The number of aromatic nitrogens is 1. The topological polar surface area (TPSA) is 64.4 Å². The summed E-state index contributed by atoms with van der Waals surface area (Å²) in [6, 6.07) is 17.0. The van der Waals surface area contributed by atoms with Crippen LogP contribution in [0.2, 0.25) is 0 Å². The summed E-state index contributed by atoms with van der Waals surface area (Å²) in [6.07, 6.45) is 0. The Bertz CT molecular complexity index is 1240. The molecule has 1 heterocycles. The third-order valence-electron chi connectivity index (χ3n) is 4.96. The predicted molar refractivity (Wildman–Crippen MR) is 119 cm³/mol. The maximum Gasteiger partial charge on any atom is 0.255 e. The third-order valence-corrected chi connectivity index (χ3v) is 4.96. The van der Waals surface area contributed by atoms with E-state index in [9.17, 15) is 4.79 Å². The Hall–Kier alpha value is -3.60. The maximum absolute atomic E-state index is 12.8. The van der Waals surface area contributed by atoms with Crippen LogP contribution in [0.3, 0.4) is 0 Å². The molecule has 30 heavy (non-hydrogen) atoms. The average Bonchev–Trinajstić information content (AvgIpc) is 3.14. The molecule has 152 valence electrons. The Kier molecular flexibility index (Phi) is 5.27. The van der Waals surface area contributed by atoms with Gasteiger partial charge in [0.25, 0.3) is 5.91 Å². The number of ether oxygens (including phenoxy) is 1. The number of benzene rings is 3. The minimum Gasteiger partial charge on any atom is -0.494 e. The molecular weight excluding hydrogens is 376 g/mol. The van der Waals surface area contributed by atoms with Crippen molar-refractivity contribution >= 4 is 22.7 Å². The molecule has 3 aromatic carbocycles. The van der Waals surface area contributed by atoms with Gasteiger partial charge in [-0.2, -0.15) is 0 Å². The average molecular weight is 400 g/mol. The summed E-state index contributed by atoms with van der Waals surface area (Å²) in [5.41, 5.74) is 6.84. The summed E-state index contributed by atoms with van der Waals surface area (Å²) in [4.78, 5) is 17.4. The Morgan fingerprint density at radius 2 is 1.87 bits per heavy atom. The molecule has 0 spiro atoms. The van der Waals surface area contributed by atoms with E-state index in [0.29, 0.717) is 23.8 Å². The SMILES string of the molecule is CCOc1cccc(C(=O)Nc2cc(-c3nc4cc(C)cc(C)c4o3)ccc2C)c1. The molecular formula is C25H24N2O3. The van der Waals surface area contributed by atoms with Gasteiger partial charge in [-0.1, -0.05) is 18.2 Å². The van der Waals surface area contributed by atoms with E-state index in [1.807, 2.05) is 64.1 Å². The normalized spacial score (nSPS) is 10.9. The van der Waals surface area contributed by atoms with E-state index in [2.05, 4.69) is 16.4 Å². The maximum atomic E-state index is 12.8. The number of nitrogens with zero attached hydrogens (tertiary/aromatic N) is 1. The standard InChI is InChI=1S/C25H24N2O3/c1-5-29-20-8-6-7-18(13-20)24(28)26-21-14-19(10-9-16(21)3)25-27-22-12-15(2)11-17(4)23(22)30-25/h6-14H,5H2,1-4H3,(H,26,28). The first kappa shape index (κ1) is 19.7. The molecule has 1 aromatic heterocycles. The van der Waals surface area contributed by atoms with Gasteiger partial charge in [-0.05, 0) is 80.8 Å². The van der Waals surface area contributed by atoms with Gasteiger partial charge in [0, 0.05) is 16.8 Å². The number of fused-ring (bicyclic) bond motifs is 1. The van der Waals surface area contributed by atoms with Crippen LogP contribution in [0.4, 0.5) is 5.69 Å². The highest BCUT2D eigenvalue weighted by Gasteiger charge is 2.14. The smallest absolute Gasteiger partial charge is 0.255 e. The molecule has 4 rings (SSSR count). The van der Waals surface area contributed by atoms with Crippen LogP contribution in [0.15, 0.2) is 59.0 Å². The lowest BCUT2D eigenvalue weighted by atomic mass is 10.1. The molecule has 0 aliphatic heterocycles. The van der Waals surface area contributed by atoms with E-state index in [4.69, 9.17) is 9.15 Å². The van der Waals surface area contributed by atoms with E-state index in [1.54, 1.807) is 12.1 Å². The lowest BCUT2D eigenvalue weighted by Gasteiger charge is -2.11. The molecule has 0 radical (unpaired) electrons. The quantitative estimate of drug-likeness (QED) is 0.441. The molecule has 0 aliphatic rings. The highest BCUT2D eigenvalue weighted by molar-refractivity contribution is 6.05. The fraction of sp³-hybridized carbons (Fsp3) is 0.200. The monoisotopic (exact) mass is 400 g/mol. The van der Waals surface area contributed by atoms with Crippen molar-refractivity contribution in [1.29, 1.82) is 0 Å². The first-order valence-electron chi connectivity index (χ1n) is 9.97.